The molecule has 2 aromatic heterocycles. The Labute approximate surface area is 367 Å². The van der Waals surface area contributed by atoms with Crippen LogP contribution in [0.1, 0.15) is 96.6 Å². The Bertz CT molecular complexity index is 2330. The van der Waals surface area contributed by atoms with Gasteiger partial charge in [-0.05, 0) is 131 Å². The summed E-state index contributed by atoms with van der Waals surface area (Å²) in [6.45, 7) is 21.5. The van der Waals surface area contributed by atoms with Crippen LogP contribution < -0.4 is 15.0 Å². The van der Waals surface area contributed by atoms with Crippen LogP contribution in [0.25, 0.3) is 21.8 Å². The third kappa shape index (κ3) is 13.3. The first-order valence-electron chi connectivity index (χ1n) is 20.7. The highest BCUT2D eigenvalue weighted by molar-refractivity contribution is 6.15. The van der Waals surface area contributed by atoms with Crippen LogP contribution in [0.5, 0.6) is 11.5 Å². The number of fused-ring (bicyclic) bond motifs is 4. The summed E-state index contributed by atoms with van der Waals surface area (Å²) in [4.78, 5) is 35.8. The number of aromatic amines is 1. The Morgan fingerprint density at radius 2 is 1.52 bits per heavy atom. The minimum absolute atomic E-state index is 0.156. The Hall–Kier alpha value is -5.42. The molecule has 328 valence electrons. The summed E-state index contributed by atoms with van der Waals surface area (Å²) in [5.41, 5.74) is 8.54. The van der Waals surface area contributed by atoms with Gasteiger partial charge in [0.05, 0.1) is 23.7 Å². The van der Waals surface area contributed by atoms with Gasteiger partial charge in [0.2, 0.25) is 0 Å². The van der Waals surface area contributed by atoms with Crippen LogP contribution in [0.15, 0.2) is 85.1 Å². The molecule has 0 saturated carbocycles. The average Bonchev–Trinajstić information content (AvgIpc) is 3.88. The van der Waals surface area contributed by atoms with Crippen LogP contribution in [0.4, 0.5) is 11.4 Å². The molecule has 0 bridgehead atoms. The molecule has 7 rings (SSSR count). The van der Waals surface area contributed by atoms with E-state index in [1.54, 1.807) is 67.8 Å². The van der Waals surface area contributed by atoms with Crippen LogP contribution in [0, 0.1) is 27.7 Å². The molecule has 4 aromatic carbocycles. The Balaban J connectivity index is 0.000000464. The second-order valence-electron chi connectivity index (χ2n) is 15.3. The number of benzene rings is 4. The van der Waals surface area contributed by atoms with Crippen LogP contribution in [-0.4, -0.2) is 72.3 Å². The van der Waals surface area contributed by atoms with Gasteiger partial charge >= 0.3 is 0 Å². The Morgan fingerprint density at radius 3 is 2.11 bits per heavy atom. The first-order chi connectivity index (χ1) is 29.1. The van der Waals surface area contributed by atoms with E-state index >= 15 is 0 Å². The van der Waals surface area contributed by atoms with Gasteiger partial charge in [0, 0.05) is 62.6 Å². The molecule has 10 nitrogen and oxygen atoms in total. The predicted octanol–water partition coefficient (Wildman–Crippen LogP) is 11.9. The maximum atomic E-state index is 13.6. The number of nitrogens with one attached hydrogen (secondary N) is 2. The number of carbonyl (C=O) groups excluding carboxylic acids is 2. The fraction of sp³-hybridized carbons (Fsp3) is 0.380. The van der Waals surface area contributed by atoms with Gasteiger partial charge in [-0.3, -0.25) is 9.59 Å². The van der Waals surface area contributed by atoms with Crippen molar-refractivity contribution in [3.05, 3.63) is 124 Å². The van der Waals surface area contributed by atoms with E-state index in [4.69, 9.17) is 14.2 Å². The molecule has 3 heterocycles. The number of phenolic OH excluding ortho intramolecular Hbond substituents is 1. The maximum Gasteiger partial charge on any atom is 0.274 e. The van der Waals surface area contributed by atoms with Crippen molar-refractivity contribution in [1.29, 1.82) is 0 Å². The average molecular weight is 854 g/mol. The second-order valence-corrected chi connectivity index (χ2v) is 15.3. The van der Waals surface area contributed by atoms with Crippen LogP contribution >= 0.6 is 11.6 Å². The number of alkyl halides is 1. The summed E-state index contributed by atoms with van der Waals surface area (Å²) in [7, 11) is 3.36. The topological polar surface area (TPSA) is 126 Å². The van der Waals surface area contributed by atoms with Gasteiger partial charge in [-0.2, -0.15) is 0 Å². The number of methoxy groups -OCH3 is 2. The molecule has 1 aliphatic rings. The molecule has 2 amide bonds. The standard InChI is InChI=1S/C34H34N4O5.C9H12.C4H10O.C2H6.CH3Cl/c1-20-6-5-7-26-29(39)18-28-25(30(20)26)12-14-38(28)33(41)27-17-22-16-23(19-35-31(22)37-27)36-32(40)21-8-10-24(11-9-21)43-34(2,3)13-15-42-4;1-7-5-4-6-8(2)9(7)3;1-4(2)5-3;2*1-2/h5-11,16-19,39H,12-15H2,1-4H3,(H,35,37)(H,36,40);4-6H,1-3H3;4H,1-3H3;1-2H3;1H3. The van der Waals surface area contributed by atoms with Gasteiger partial charge in [-0.25, -0.2) is 4.98 Å². The van der Waals surface area contributed by atoms with Crippen molar-refractivity contribution < 1.29 is 28.9 Å². The van der Waals surface area contributed by atoms with E-state index < -0.39 is 5.60 Å². The zero-order valence-electron chi connectivity index (χ0n) is 38.2. The van der Waals surface area contributed by atoms with E-state index in [0.717, 1.165) is 34.0 Å². The van der Waals surface area contributed by atoms with E-state index in [0.29, 0.717) is 59.4 Å². The number of halogens is 1. The molecule has 0 saturated heterocycles. The van der Waals surface area contributed by atoms with Crippen molar-refractivity contribution in [2.75, 3.05) is 44.0 Å². The van der Waals surface area contributed by atoms with Crippen LogP contribution in [0.3, 0.4) is 0 Å². The first kappa shape index (κ1) is 49.9. The van der Waals surface area contributed by atoms with E-state index in [1.165, 1.54) is 23.1 Å². The van der Waals surface area contributed by atoms with Crippen molar-refractivity contribution in [2.45, 2.75) is 93.8 Å². The molecule has 0 unspecified atom stereocenters. The van der Waals surface area contributed by atoms with E-state index in [9.17, 15) is 14.7 Å². The summed E-state index contributed by atoms with van der Waals surface area (Å²) in [6.07, 6.45) is 4.85. The Kier molecular flexibility index (Phi) is 19.3. The highest BCUT2D eigenvalue weighted by Gasteiger charge is 2.30. The van der Waals surface area contributed by atoms with Gasteiger partial charge in [0.1, 0.15) is 28.4 Å². The molecule has 61 heavy (non-hydrogen) atoms. The van der Waals surface area contributed by atoms with Crippen molar-refractivity contribution in [2.24, 2.45) is 0 Å². The molecule has 0 fully saturated rings. The van der Waals surface area contributed by atoms with Gasteiger partial charge in [0.15, 0.2) is 0 Å². The van der Waals surface area contributed by atoms with Gasteiger partial charge in [-0.1, -0.05) is 50.2 Å². The number of nitrogens with zero attached hydrogens (tertiary/aromatic N) is 2. The van der Waals surface area contributed by atoms with E-state index in [1.807, 2.05) is 66.7 Å². The lowest BCUT2D eigenvalue weighted by atomic mass is 9.97. The number of ether oxygens (including phenoxy) is 3. The Morgan fingerprint density at radius 1 is 0.918 bits per heavy atom. The molecule has 0 aliphatic carbocycles. The van der Waals surface area contributed by atoms with Crippen molar-refractivity contribution >= 4 is 56.6 Å². The van der Waals surface area contributed by atoms with Gasteiger partial charge in [0.25, 0.3) is 11.8 Å². The van der Waals surface area contributed by atoms with Crippen molar-refractivity contribution in [3.8, 4) is 11.5 Å². The minimum Gasteiger partial charge on any atom is -0.507 e. The monoisotopic (exact) mass is 852 g/mol. The number of hydrogen-bond acceptors (Lipinski definition) is 7. The summed E-state index contributed by atoms with van der Waals surface area (Å²) < 4.78 is 15.9. The molecule has 0 radical (unpaired) electrons. The lowest BCUT2D eigenvalue weighted by Gasteiger charge is -2.26. The highest BCUT2D eigenvalue weighted by Crippen LogP contribution is 2.41. The zero-order valence-corrected chi connectivity index (χ0v) is 39.0. The molecule has 0 atom stereocenters. The number of hydrogen-bond donors (Lipinski definition) is 3. The number of H-pyrrole nitrogens is 1. The lowest BCUT2D eigenvalue weighted by Crippen LogP contribution is -2.29. The molecule has 3 N–H and O–H groups in total. The lowest BCUT2D eigenvalue weighted by molar-refractivity contribution is 0.0630. The fourth-order valence-electron chi connectivity index (χ4n) is 6.59. The summed E-state index contributed by atoms with van der Waals surface area (Å²) in [5, 5.41) is 16.1. The second kappa shape index (κ2) is 23.5. The number of amides is 2. The van der Waals surface area contributed by atoms with Gasteiger partial charge in [-0.15, -0.1) is 11.6 Å². The van der Waals surface area contributed by atoms with E-state index in [2.05, 4.69) is 65.9 Å². The molecule has 6 aromatic rings. The molecular formula is C50H65ClN4O6. The van der Waals surface area contributed by atoms with Crippen LogP contribution in [-0.2, 0) is 15.9 Å². The third-order valence-electron chi connectivity index (χ3n) is 10.3. The SMILES string of the molecule is CC.CCl.COC(C)C.COCCC(C)(C)Oc1ccc(C(=O)Nc2cnc3[nH]c(C(=O)N4CCc5c4cc(O)c4cccc(C)c54)cc3c2)cc1.Cc1cccc(C)c1C. The number of anilines is 2. The minimum atomic E-state index is -0.398. The quantitative estimate of drug-likeness (QED) is 0.124. The number of aromatic nitrogens is 2. The number of rotatable bonds is 9. The van der Waals surface area contributed by atoms with Crippen molar-refractivity contribution in [3.63, 3.8) is 0 Å². The number of phenols is 1. The van der Waals surface area contributed by atoms with E-state index in [-0.39, 0.29) is 17.6 Å². The normalized spacial score (nSPS) is 11.6. The van der Waals surface area contributed by atoms with Crippen LogP contribution in [0.2, 0.25) is 0 Å². The molecule has 0 spiro atoms. The number of aromatic hydroxyl groups is 1. The number of aryl methyl sites for hydroxylation is 3. The maximum absolute atomic E-state index is 13.6. The third-order valence-corrected chi connectivity index (χ3v) is 10.3. The summed E-state index contributed by atoms with van der Waals surface area (Å²) in [5.74, 6) is 0.338. The first-order valence-corrected chi connectivity index (χ1v) is 21.5. The molecular weight excluding hydrogens is 788 g/mol. The summed E-state index contributed by atoms with van der Waals surface area (Å²) >= 11 is 4.64. The van der Waals surface area contributed by atoms with Gasteiger partial charge < -0.3 is 34.5 Å². The molecule has 11 heteroatoms. The molecule has 1 aliphatic heterocycles. The number of carbonyl (C=O) groups is 2. The smallest absolute Gasteiger partial charge is 0.274 e. The predicted molar refractivity (Wildman–Crippen MR) is 253 cm³/mol. The fourth-order valence-corrected chi connectivity index (χ4v) is 6.59. The zero-order chi connectivity index (χ0) is 45.4. The largest absolute Gasteiger partial charge is 0.507 e. The van der Waals surface area contributed by atoms with Crippen molar-refractivity contribution in [1.82, 2.24) is 9.97 Å². The summed E-state index contributed by atoms with van der Waals surface area (Å²) in [6, 6.07) is 24.4. The highest BCUT2D eigenvalue weighted by atomic mass is 35.5. The number of pyridine rings is 1.